The van der Waals surface area contributed by atoms with Crippen molar-refractivity contribution >= 4 is 34.8 Å². The number of amides is 2. The lowest BCUT2D eigenvalue weighted by molar-refractivity contribution is -0.133. The molecule has 0 radical (unpaired) electrons. The standard InChI is InChI=1S/C15H12ClFN2O2/c1-9-12(16)6-3-7-13(9)19-15(21)14(20)18-11-5-2-4-10(17)8-11/h2-8H,1H3,(H,18,20)(H,19,21). The Balaban J connectivity index is 2.06. The van der Waals surface area contributed by atoms with Crippen molar-refractivity contribution in [2.75, 3.05) is 10.6 Å². The maximum atomic E-state index is 13.0. The van der Waals surface area contributed by atoms with Crippen molar-refractivity contribution in [1.29, 1.82) is 0 Å². The average Bonchev–Trinajstić information content (AvgIpc) is 2.44. The molecule has 4 nitrogen and oxygen atoms in total. The summed E-state index contributed by atoms with van der Waals surface area (Å²) in [6, 6.07) is 10.3. The van der Waals surface area contributed by atoms with E-state index in [0.717, 1.165) is 6.07 Å². The second-order valence-corrected chi connectivity index (χ2v) is 4.74. The third kappa shape index (κ3) is 3.79. The Bertz CT molecular complexity index is 704. The molecule has 6 heteroatoms. The molecule has 0 unspecified atom stereocenters. The molecule has 0 bridgehead atoms. The van der Waals surface area contributed by atoms with Crippen molar-refractivity contribution < 1.29 is 14.0 Å². The quantitative estimate of drug-likeness (QED) is 0.836. The predicted octanol–water partition coefficient (Wildman–Crippen LogP) is 3.36. The Morgan fingerprint density at radius 2 is 1.71 bits per heavy atom. The SMILES string of the molecule is Cc1c(Cl)cccc1NC(=O)C(=O)Nc1cccc(F)c1. The van der Waals surface area contributed by atoms with Crippen LogP contribution in [-0.4, -0.2) is 11.8 Å². The zero-order valence-electron chi connectivity index (χ0n) is 11.1. The van der Waals surface area contributed by atoms with Gasteiger partial charge in [0.05, 0.1) is 0 Å². The van der Waals surface area contributed by atoms with Gasteiger partial charge in [-0.15, -0.1) is 0 Å². The first-order valence-corrected chi connectivity index (χ1v) is 6.48. The lowest BCUT2D eigenvalue weighted by Crippen LogP contribution is -2.29. The van der Waals surface area contributed by atoms with E-state index >= 15 is 0 Å². The summed E-state index contributed by atoms with van der Waals surface area (Å²) in [5.74, 6) is -2.25. The number of benzene rings is 2. The summed E-state index contributed by atoms with van der Waals surface area (Å²) in [5, 5.41) is 5.25. The van der Waals surface area contributed by atoms with E-state index in [2.05, 4.69) is 10.6 Å². The van der Waals surface area contributed by atoms with Crippen LogP contribution in [0.1, 0.15) is 5.56 Å². The predicted molar refractivity (Wildman–Crippen MR) is 79.8 cm³/mol. The third-order valence-electron chi connectivity index (χ3n) is 2.80. The number of hydrogen-bond donors (Lipinski definition) is 2. The van der Waals surface area contributed by atoms with Gasteiger partial charge in [0, 0.05) is 16.4 Å². The zero-order chi connectivity index (χ0) is 15.4. The maximum Gasteiger partial charge on any atom is 0.314 e. The fraction of sp³-hybridized carbons (Fsp3) is 0.0667. The van der Waals surface area contributed by atoms with E-state index < -0.39 is 17.6 Å². The van der Waals surface area contributed by atoms with Gasteiger partial charge in [0.2, 0.25) is 0 Å². The van der Waals surface area contributed by atoms with Gasteiger partial charge in [0.1, 0.15) is 5.82 Å². The minimum absolute atomic E-state index is 0.206. The smallest absolute Gasteiger partial charge is 0.314 e. The van der Waals surface area contributed by atoms with Crippen LogP contribution in [0.25, 0.3) is 0 Å². The van der Waals surface area contributed by atoms with Gasteiger partial charge < -0.3 is 10.6 Å². The largest absolute Gasteiger partial charge is 0.318 e. The fourth-order valence-electron chi connectivity index (χ4n) is 1.68. The van der Waals surface area contributed by atoms with E-state index in [9.17, 15) is 14.0 Å². The summed E-state index contributed by atoms with van der Waals surface area (Å²) < 4.78 is 13.0. The van der Waals surface area contributed by atoms with E-state index in [-0.39, 0.29) is 5.69 Å². The second kappa shape index (κ2) is 6.37. The van der Waals surface area contributed by atoms with Crippen LogP contribution >= 0.6 is 11.6 Å². The molecule has 21 heavy (non-hydrogen) atoms. The molecule has 0 heterocycles. The average molecular weight is 307 g/mol. The molecule has 0 aliphatic carbocycles. The van der Waals surface area contributed by atoms with Gasteiger partial charge in [-0.2, -0.15) is 0 Å². The van der Waals surface area contributed by atoms with Crippen LogP contribution in [0.5, 0.6) is 0 Å². The Hall–Kier alpha value is -2.40. The Morgan fingerprint density at radius 3 is 2.43 bits per heavy atom. The number of halogens is 2. The van der Waals surface area contributed by atoms with Crippen molar-refractivity contribution in [3.63, 3.8) is 0 Å². The molecule has 108 valence electrons. The van der Waals surface area contributed by atoms with E-state index in [4.69, 9.17) is 11.6 Å². The molecule has 2 aromatic carbocycles. The lowest BCUT2D eigenvalue weighted by atomic mass is 10.2. The van der Waals surface area contributed by atoms with Crippen molar-refractivity contribution in [2.24, 2.45) is 0 Å². The molecule has 0 saturated heterocycles. The van der Waals surface area contributed by atoms with Gasteiger partial charge >= 0.3 is 11.8 Å². The number of carbonyl (C=O) groups is 2. The molecule has 2 amide bonds. The second-order valence-electron chi connectivity index (χ2n) is 4.33. The van der Waals surface area contributed by atoms with Crippen LogP contribution in [0.2, 0.25) is 5.02 Å². The van der Waals surface area contributed by atoms with Gasteiger partial charge in [-0.3, -0.25) is 9.59 Å². The van der Waals surface area contributed by atoms with Crippen LogP contribution in [-0.2, 0) is 9.59 Å². The maximum absolute atomic E-state index is 13.0. The van der Waals surface area contributed by atoms with E-state index in [0.29, 0.717) is 16.3 Å². The molecular formula is C15H12ClFN2O2. The minimum atomic E-state index is -0.889. The van der Waals surface area contributed by atoms with Crippen LogP contribution in [0.4, 0.5) is 15.8 Å². The first kappa shape index (κ1) is 15.0. The first-order chi connectivity index (χ1) is 9.97. The first-order valence-electron chi connectivity index (χ1n) is 6.10. The molecule has 2 rings (SSSR count). The van der Waals surface area contributed by atoms with Gasteiger partial charge in [0.15, 0.2) is 0 Å². The molecule has 2 N–H and O–H groups in total. The number of hydrogen-bond acceptors (Lipinski definition) is 2. The van der Waals surface area contributed by atoms with Gasteiger partial charge in [-0.1, -0.05) is 23.7 Å². The van der Waals surface area contributed by atoms with Crippen molar-refractivity contribution in [1.82, 2.24) is 0 Å². The molecule has 0 fully saturated rings. The van der Waals surface area contributed by atoms with Crippen molar-refractivity contribution in [3.8, 4) is 0 Å². The topological polar surface area (TPSA) is 58.2 Å². The Kier molecular flexibility index (Phi) is 4.55. The Morgan fingerprint density at radius 1 is 1.05 bits per heavy atom. The lowest BCUT2D eigenvalue weighted by Gasteiger charge is -2.09. The third-order valence-corrected chi connectivity index (χ3v) is 3.21. The summed E-state index contributed by atoms with van der Waals surface area (Å²) in [6.07, 6.45) is 0. The van der Waals surface area contributed by atoms with Crippen LogP contribution in [0, 0.1) is 12.7 Å². The molecule has 2 aromatic rings. The molecule has 0 aliphatic rings. The number of rotatable bonds is 2. The Labute approximate surface area is 125 Å². The summed E-state index contributed by atoms with van der Waals surface area (Å²) >= 11 is 5.93. The molecule has 0 saturated carbocycles. The molecule has 0 aliphatic heterocycles. The number of carbonyl (C=O) groups excluding carboxylic acids is 2. The number of anilines is 2. The minimum Gasteiger partial charge on any atom is -0.318 e. The fourth-order valence-corrected chi connectivity index (χ4v) is 1.85. The van der Waals surface area contributed by atoms with Crippen LogP contribution < -0.4 is 10.6 Å². The summed E-state index contributed by atoms with van der Waals surface area (Å²) in [4.78, 5) is 23.6. The van der Waals surface area contributed by atoms with Gasteiger partial charge in [-0.05, 0) is 42.8 Å². The molecule has 0 aromatic heterocycles. The molecular weight excluding hydrogens is 295 g/mol. The highest BCUT2D eigenvalue weighted by Gasteiger charge is 2.15. The van der Waals surface area contributed by atoms with Gasteiger partial charge in [0.25, 0.3) is 0 Å². The molecule has 0 atom stereocenters. The van der Waals surface area contributed by atoms with E-state index in [1.807, 2.05) is 0 Å². The highest BCUT2D eigenvalue weighted by Crippen LogP contribution is 2.22. The summed E-state index contributed by atoms with van der Waals surface area (Å²) in [7, 11) is 0. The highest BCUT2D eigenvalue weighted by molar-refractivity contribution is 6.44. The summed E-state index contributed by atoms with van der Waals surface area (Å²) in [6.45, 7) is 1.72. The van der Waals surface area contributed by atoms with Crippen molar-refractivity contribution in [2.45, 2.75) is 6.92 Å². The highest BCUT2D eigenvalue weighted by atomic mass is 35.5. The normalized spacial score (nSPS) is 10.0. The van der Waals surface area contributed by atoms with Crippen LogP contribution in [0.15, 0.2) is 42.5 Å². The van der Waals surface area contributed by atoms with E-state index in [1.165, 1.54) is 18.2 Å². The summed E-state index contributed by atoms with van der Waals surface area (Å²) in [5.41, 5.74) is 1.31. The van der Waals surface area contributed by atoms with Crippen LogP contribution in [0.3, 0.4) is 0 Å². The van der Waals surface area contributed by atoms with Crippen molar-refractivity contribution in [3.05, 3.63) is 58.9 Å². The van der Waals surface area contributed by atoms with E-state index in [1.54, 1.807) is 25.1 Å². The molecule has 0 spiro atoms. The monoisotopic (exact) mass is 306 g/mol. The van der Waals surface area contributed by atoms with Gasteiger partial charge in [-0.25, -0.2) is 4.39 Å². The zero-order valence-corrected chi connectivity index (χ0v) is 11.9. The number of nitrogens with one attached hydrogen (secondary N) is 2.